The molecule has 4 atom stereocenters. The number of ether oxygens (including phenoxy) is 1. The Morgan fingerprint density at radius 2 is 1.84 bits per heavy atom. The van der Waals surface area contributed by atoms with Gasteiger partial charge in [-0.25, -0.2) is 9.67 Å². The maximum absolute atomic E-state index is 13.4. The van der Waals surface area contributed by atoms with Gasteiger partial charge in [-0.3, -0.25) is 0 Å². The van der Waals surface area contributed by atoms with E-state index in [1.807, 2.05) is 16.8 Å². The molecule has 7 nitrogen and oxygen atoms in total. The number of piperidine rings is 1. The molecule has 3 aromatic rings. The minimum absolute atomic E-state index is 0.201. The Kier molecular flexibility index (Phi) is 6.20. The molecule has 1 saturated carbocycles. The second kappa shape index (κ2) is 9.54. The van der Waals surface area contributed by atoms with Gasteiger partial charge in [0, 0.05) is 49.5 Å². The molecule has 6 rings (SSSR count). The van der Waals surface area contributed by atoms with Gasteiger partial charge >= 0.3 is 6.18 Å². The van der Waals surface area contributed by atoms with Crippen LogP contribution in [0.25, 0.3) is 0 Å². The second-order valence-electron chi connectivity index (χ2n) is 10.4. The molecule has 3 aliphatic rings. The number of pyridine rings is 1. The van der Waals surface area contributed by atoms with Crippen LogP contribution in [0.5, 0.6) is 5.88 Å². The monoisotopic (exact) mass is 512 g/mol. The van der Waals surface area contributed by atoms with Gasteiger partial charge in [-0.05, 0) is 55.2 Å². The number of rotatable bonds is 5. The fourth-order valence-corrected chi connectivity index (χ4v) is 6.35. The summed E-state index contributed by atoms with van der Waals surface area (Å²) in [6.45, 7) is 2.60. The fourth-order valence-electron chi connectivity index (χ4n) is 6.35. The van der Waals surface area contributed by atoms with E-state index >= 15 is 0 Å². The summed E-state index contributed by atoms with van der Waals surface area (Å²) < 4.78 is 47.3. The normalized spacial score (nSPS) is 25.5. The number of methoxy groups -OCH3 is 1. The Balaban J connectivity index is 1.21. The van der Waals surface area contributed by atoms with Crippen LogP contribution in [-0.2, 0) is 12.7 Å². The lowest BCUT2D eigenvalue weighted by Crippen LogP contribution is -2.48. The number of anilines is 2. The minimum atomic E-state index is -4.36. The fraction of sp³-hybridized carbons (Fsp3) is 0.519. The van der Waals surface area contributed by atoms with Crippen molar-refractivity contribution < 1.29 is 17.9 Å². The number of halogens is 3. The number of alkyl halides is 3. The number of hydrogen-bond acceptors (Lipinski definition) is 6. The molecule has 1 saturated heterocycles. The van der Waals surface area contributed by atoms with E-state index in [1.54, 1.807) is 19.4 Å². The highest BCUT2D eigenvalue weighted by atomic mass is 19.4. The van der Waals surface area contributed by atoms with Gasteiger partial charge in [-0.2, -0.15) is 18.2 Å². The summed E-state index contributed by atoms with van der Waals surface area (Å²) in [7, 11) is 1.63. The Labute approximate surface area is 214 Å². The molecule has 1 aliphatic carbocycles. The summed E-state index contributed by atoms with van der Waals surface area (Å²) in [6.07, 6.45) is 2.32. The van der Waals surface area contributed by atoms with E-state index in [1.165, 1.54) is 12.1 Å². The Morgan fingerprint density at radius 3 is 2.59 bits per heavy atom. The summed E-state index contributed by atoms with van der Waals surface area (Å²) in [5.74, 6) is 2.68. The van der Waals surface area contributed by atoms with Crippen molar-refractivity contribution in [2.45, 2.75) is 56.8 Å². The molecule has 0 spiro atoms. The van der Waals surface area contributed by atoms with Crippen molar-refractivity contribution in [2.75, 3.05) is 30.4 Å². The zero-order valence-corrected chi connectivity index (χ0v) is 20.8. The van der Waals surface area contributed by atoms with Gasteiger partial charge in [-0.1, -0.05) is 24.6 Å². The minimum Gasteiger partial charge on any atom is -0.481 e. The van der Waals surface area contributed by atoms with Gasteiger partial charge in [0.05, 0.1) is 12.7 Å². The topological polar surface area (TPSA) is 68.1 Å². The van der Waals surface area contributed by atoms with Crippen molar-refractivity contribution in [1.29, 1.82) is 0 Å². The first-order chi connectivity index (χ1) is 17.9. The van der Waals surface area contributed by atoms with E-state index in [4.69, 9.17) is 14.8 Å². The van der Waals surface area contributed by atoms with Gasteiger partial charge < -0.3 is 15.0 Å². The molecule has 2 aliphatic heterocycles. The largest absolute Gasteiger partial charge is 0.481 e. The molecular weight excluding hydrogens is 481 g/mol. The van der Waals surface area contributed by atoms with Gasteiger partial charge in [0.1, 0.15) is 5.82 Å². The lowest BCUT2D eigenvalue weighted by Gasteiger charge is -2.39. The number of benzene rings is 1. The number of hydrogen-bond donors (Lipinski definition) is 1. The van der Waals surface area contributed by atoms with Crippen molar-refractivity contribution in [2.24, 2.45) is 11.8 Å². The summed E-state index contributed by atoms with van der Waals surface area (Å²) >= 11 is 0. The summed E-state index contributed by atoms with van der Waals surface area (Å²) in [5.41, 5.74) is 1.16. The highest BCUT2D eigenvalue weighted by Gasteiger charge is 2.43. The maximum Gasteiger partial charge on any atom is 0.416 e. The van der Waals surface area contributed by atoms with Gasteiger partial charge in [0.25, 0.3) is 0 Å². The van der Waals surface area contributed by atoms with Crippen LogP contribution in [0.1, 0.15) is 55.0 Å². The number of fused-ring (bicyclic) bond motifs is 3. The number of nitrogens with zero attached hydrogens (tertiary/aromatic N) is 5. The number of aryl methyl sites for hydroxylation is 1. The van der Waals surface area contributed by atoms with Crippen LogP contribution in [0, 0.1) is 11.8 Å². The second-order valence-corrected chi connectivity index (χ2v) is 10.4. The van der Waals surface area contributed by atoms with E-state index in [-0.39, 0.29) is 12.0 Å². The van der Waals surface area contributed by atoms with Crippen molar-refractivity contribution >= 4 is 11.6 Å². The Hall–Kier alpha value is -3.30. The van der Waals surface area contributed by atoms with E-state index in [0.717, 1.165) is 69.3 Å². The number of nitrogens with one attached hydrogen (secondary N) is 1. The van der Waals surface area contributed by atoms with Crippen LogP contribution < -0.4 is 15.0 Å². The van der Waals surface area contributed by atoms with Crippen LogP contribution in [0.2, 0.25) is 0 Å². The standard InChI is InChI=1S/C27H31F3N6O/c1-37-23-14-21(10-11-31-23)35-15-18-8-9-19(16-35)24(18)32-26-33-25-22(7-2-3-12-36(25)34-26)17-5-4-6-20(13-17)27(28,29)30/h4-6,10-11,13-14,18-19,22,24H,2-3,7-9,12,15-16H2,1H3,(H,32,34)/t18-,19+,22?,24?. The van der Waals surface area contributed by atoms with E-state index in [9.17, 15) is 13.2 Å². The smallest absolute Gasteiger partial charge is 0.416 e. The lowest BCUT2D eigenvalue weighted by molar-refractivity contribution is -0.137. The molecule has 2 bridgehead atoms. The molecule has 0 amide bonds. The van der Waals surface area contributed by atoms with E-state index in [2.05, 4.69) is 15.2 Å². The first-order valence-corrected chi connectivity index (χ1v) is 13.0. The zero-order chi connectivity index (χ0) is 25.6. The molecule has 37 heavy (non-hydrogen) atoms. The third kappa shape index (κ3) is 4.73. The first kappa shape index (κ1) is 24.1. The maximum atomic E-state index is 13.4. The summed E-state index contributed by atoms with van der Waals surface area (Å²) in [6, 6.07) is 9.95. The predicted octanol–water partition coefficient (Wildman–Crippen LogP) is 5.34. The molecule has 1 aromatic carbocycles. The van der Waals surface area contributed by atoms with Crippen molar-refractivity contribution in [3.63, 3.8) is 0 Å². The van der Waals surface area contributed by atoms with E-state index in [0.29, 0.717) is 29.2 Å². The predicted molar refractivity (Wildman–Crippen MR) is 134 cm³/mol. The van der Waals surface area contributed by atoms with Crippen LogP contribution >= 0.6 is 0 Å². The lowest BCUT2D eigenvalue weighted by atomic mass is 9.91. The summed E-state index contributed by atoms with van der Waals surface area (Å²) in [4.78, 5) is 11.5. The molecule has 2 unspecified atom stereocenters. The van der Waals surface area contributed by atoms with Crippen LogP contribution in [0.4, 0.5) is 24.8 Å². The molecule has 4 heterocycles. The third-order valence-electron chi connectivity index (χ3n) is 8.16. The van der Waals surface area contributed by atoms with Crippen molar-refractivity contribution in [3.8, 4) is 5.88 Å². The van der Waals surface area contributed by atoms with E-state index < -0.39 is 11.7 Å². The summed E-state index contributed by atoms with van der Waals surface area (Å²) in [5, 5.41) is 8.42. The van der Waals surface area contributed by atoms with Crippen molar-refractivity contribution in [1.82, 2.24) is 19.7 Å². The van der Waals surface area contributed by atoms with Crippen LogP contribution in [0.15, 0.2) is 42.6 Å². The van der Waals surface area contributed by atoms with Gasteiger partial charge in [0.15, 0.2) is 0 Å². The third-order valence-corrected chi connectivity index (χ3v) is 8.16. The first-order valence-electron chi connectivity index (χ1n) is 13.0. The SMILES string of the molecule is COc1cc(N2C[C@H]3CC[C@@H](C2)C3Nc2nc3n(n2)CCCCC3c2cccc(C(F)(F)F)c2)ccn1. The van der Waals surface area contributed by atoms with Crippen LogP contribution in [0.3, 0.4) is 0 Å². The zero-order valence-electron chi connectivity index (χ0n) is 20.8. The molecule has 0 radical (unpaired) electrons. The highest BCUT2D eigenvalue weighted by Crippen LogP contribution is 2.41. The molecule has 196 valence electrons. The number of aromatic nitrogens is 4. The molecule has 1 N–H and O–H groups in total. The molecule has 2 aromatic heterocycles. The van der Waals surface area contributed by atoms with Crippen LogP contribution in [-0.4, -0.2) is 46.0 Å². The van der Waals surface area contributed by atoms with Gasteiger partial charge in [-0.15, -0.1) is 5.10 Å². The van der Waals surface area contributed by atoms with Crippen molar-refractivity contribution in [3.05, 3.63) is 59.5 Å². The Bertz CT molecular complexity index is 1250. The average molecular weight is 513 g/mol. The molecular formula is C27H31F3N6O. The average Bonchev–Trinajstić information content (AvgIpc) is 3.30. The highest BCUT2D eigenvalue weighted by molar-refractivity contribution is 5.49. The van der Waals surface area contributed by atoms with Gasteiger partial charge in [0.2, 0.25) is 11.8 Å². The Morgan fingerprint density at radius 1 is 1.03 bits per heavy atom. The molecule has 2 fully saturated rings. The quantitative estimate of drug-likeness (QED) is 0.498. The molecule has 10 heteroatoms.